The summed E-state index contributed by atoms with van der Waals surface area (Å²) in [6.45, 7) is 4.85. The number of carbonyl (C=O) groups excluding carboxylic acids is 1. The molecule has 0 aliphatic rings. The predicted molar refractivity (Wildman–Crippen MR) is 66.8 cm³/mol. The van der Waals surface area contributed by atoms with Crippen LogP contribution in [0.25, 0.3) is 0 Å². The molecule has 18 heavy (non-hydrogen) atoms. The highest BCUT2D eigenvalue weighted by atomic mass is 35.5. The number of carboxylic acids is 1. The average molecular weight is 274 g/mol. The fourth-order valence-electron chi connectivity index (χ4n) is 1.49. The minimum atomic E-state index is -1.07. The second-order valence-electron chi connectivity index (χ2n) is 4.29. The highest BCUT2D eigenvalue weighted by Crippen LogP contribution is 2.21. The largest absolute Gasteiger partial charge is 0.480 e. The van der Waals surface area contributed by atoms with E-state index in [4.69, 9.17) is 16.7 Å². The van der Waals surface area contributed by atoms with Crippen LogP contribution in [0.1, 0.15) is 30.0 Å². The van der Waals surface area contributed by atoms with Crippen molar-refractivity contribution in [2.75, 3.05) is 6.54 Å². The van der Waals surface area contributed by atoms with E-state index in [1.54, 1.807) is 27.8 Å². The lowest BCUT2D eigenvalue weighted by molar-refractivity contribution is -0.138. The molecular formula is C11H16ClN3O3. The van der Waals surface area contributed by atoms with Crippen LogP contribution in [0.4, 0.5) is 0 Å². The summed E-state index contributed by atoms with van der Waals surface area (Å²) < 4.78 is 1.49. The molecule has 0 unspecified atom stereocenters. The highest BCUT2D eigenvalue weighted by Gasteiger charge is 2.26. The predicted octanol–water partition coefficient (Wildman–Crippen LogP) is 1.32. The summed E-state index contributed by atoms with van der Waals surface area (Å²) in [7, 11) is 1.68. The number of hydrogen-bond acceptors (Lipinski definition) is 3. The molecule has 1 amide bonds. The third-order valence-electron chi connectivity index (χ3n) is 2.65. The molecule has 1 heterocycles. The number of hydrogen-bond donors (Lipinski definition) is 1. The molecule has 7 heteroatoms. The van der Waals surface area contributed by atoms with Crippen molar-refractivity contribution in [1.82, 2.24) is 14.7 Å². The van der Waals surface area contributed by atoms with Crippen molar-refractivity contribution in [3.05, 3.63) is 16.4 Å². The number of carboxylic acid groups (broad SMARTS) is 1. The Morgan fingerprint density at radius 3 is 2.39 bits per heavy atom. The van der Waals surface area contributed by atoms with E-state index in [2.05, 4.69) is 5.10 Å². The van der Waals surface area contributed by atoms with E-state index in [0.717, 1.165) is 0 Å². The minimum absolute atomic E-state index is 0.0895. The van der Waals surface area contributed by atoms with E-state index < -0.39 is 11.9 Å². The van der Waals surface area contributed by atoms with Crippen molar-refractivity contribution in [2.45, 2.75) is 26.8 Å². The van der Waals surface area contributed by atoms with Crippen LogP contribution in [0, 0.1) is 6.92 Å². The first kappa shape index (κ1) is 14.5. The molecule has 1 aromatic heterocycles. The van der Waals surface area contributed by atoms with Crippen LogP contribution in [0.5, 0.6) is 0 Å². The Balaban J connectivity index is 3.09. The second kappa shape index (κ2) is 5.39. The smallest absolute Gasteiger partial charge is 0.323 e. The average Bonchev–Trinajstić information content (AvgIpc) is 2.52. The molecule has 1 rings (SSSR count). The summed E-state index contributed by atoms with van der Waals surface area (Å²) in [5.74, 6) is -1.54. The van der Waals surface area contributed by atoms with Crippen LogP contribution in [0.15, 0.2) is 0 Å². The van der Waals surface area contributed by atoms with Gasteiger partial charge in [0, 0.05) is 13.1 Å². The normalized spacial score (nSPS) is 10.8. The number of aromatic nitrogens is 2. The zero-order valence-electron chi connectivity index (χ0n) is 10.8. The molecule has 1 aromatic rings. The van der Waals surface area contributed by atoms with Gasteiger partial charge in [-0.3, -0.25) is 14.3 Å². The number of nitrogens with zero attached hydrogens (tertiary/aromatic N) is 3. The van der Waals surface area contributed by atoms with Gasteiger partial charge in [0.1, 0.15) is 6.54 Å². The first-order valence-corrected chi connectivity index (χ1v) is 5.85. The van der Waals surface area contributed by atoms with Crippen molar-refractivity contribution in [1.29, 1.82) is 0 Å². The molecule has 0 aliphatic carbocycles. The Labute approximate surface area is 110 Å². The van der Waals surface area contributed by atoms with Gasteiger partial charge in [-0.1, -0.05) is 11.6 Å². The molecule has 0 saturated heterocycles. The number of amides is 1. The first-order chi connectivity index (χ1) is 8.25. The van der Waals surface area contributed by atoms with Crippen molar-refractivity contribution < 1.29 is 14.7 Å². The van der Waals surface area contributed by atoms with Gasteiger partial charge in [-0.25, -0.2) is 0 Å². The van der Waals surface area contributed by atoms with Crippen LogP contribution in [-0.4, -0.2) is 44.3 Å². The molecule has 0 atom stereocenters. The second-order valence-corrected chi connectivity index (χ2v) is 4.67. The monoisotopic (exact) mass is 273 g/mol. The van der Waals surface area contributed by atoms with Gasteiger partial charge in [-0.2, -0.15) is 5.10 Å². The summed E-state index contributed by atoms with van der Waals surface area (Å²) in [5.41, 5.74) is 0.755. The lowest BCUT2D eigenvalue weighted by atomic mass is 10.2. The van der Waals surface area contributed by atoms with Crippen molar-refractivity contribution in [3.8, 4) is 0 Å². The van der Waals surface area contributed by atoms with Crippen molar-refractivity contribution >= 4 is 23.5 Å². The SMILES string of the molecule is Cc1c(Cl)c(C(=O)N(CC(=O)O)C(C)C)nn1C. The quantitative estimate of drug-likeness (QED) is 0.898. The molecule has 100 valence electrons. The number of halogens is 1. The molecule has 0 spiro atoms. The van der Waals surface area contributed by atoms with Gasteiger partial charge in [0.25, 0.3) is 5.91 Å². The van der Waals surface area contributed by atoms with Crippen molar-refractivity contribution in [2.24, 2.45) is 7.05 Å². The molecule has 0 radical (unpaired) electrons. The van der Waals surface area contributed by atoms with E-state index in [9.17, 15) is 9.59 Å². The summed E-state index contributed by atoms with van der Waals surface area (Å²) in [6, 6.07) is -0.244. The lowest BCUT2D eigenvalue weighted by Gasteiger charge is -2.23. The van der Waals surface area contributed by atoms with Crippen LogP contribution in [0.3, 0.4) is 0 Å². The summed E-state index contributed by atoms with van der Waals surface area (Å²) in [4.78, 5) is 24.2. The molecule has 0 aliphatic heterocycles. The third kappa shape index (κ3) is 2.81. The Morgan fingerprint density at radius 2 is 2.06 bits per heavy atom. The number of aliphatic carboxylic acids is 1. The van der Waals surface area contributed by atoms with Gasteiger partial charge in [-0.15, -0.1) is 0 Å². The van der Waals surface area contributed by atoms with Gasteiger partial charge in [-0.05, 0) is 20.8 Å². The van der Waals surface area contributed by atoms with Crippen LogP contribution in [0.2, 0.25) is 5.02 Å². The molecule has 1 N–H and O–H groups in total. The Bertz CT molecular complexity index is 482. The summed E-state index contributed by atoms with van der Waals surface area (Å²) in [6.07, 6.45) is 0. The van der Waals surface area contributed by atoms with Crippen LogP contribution < -0.4 is 0 Å². The van der Waals surface area contributed by atoms with E-state index >= 15 is 0 Å². The topological polar surface area (TPSA) is 75.4 Å². The first-order valence-electron chi connectivity index (χ1n) is 5.47. The molecule has 0 bridgehead atoms. The van der Waals surface area contributed by atoms with Gasteiger partial charge in [0.05, 0.1) is 10.7 Å². The van der Waals surface area contributed by atoms with E-state index in [1.165, 1.54) is 9.58 Å². The Hall–Kier alpha value is -1.56. The zero-order chi connectivity index (χ0) is 14.0. The minimum Gasteiger partial charge on any atom is -0.480 e. The van der Waals surface area contributed by atoms with Crippen LogP contribution >= 0.6 is 11.6 Å². The molecule has 0 aromatic carbocycles. The van der Waals surface area contributed by atoms with E-state index in [1.807, 2.05) is 0 Å². The van der Waals surface area contributed by atoms with Crippen molar-refractivity contribution in [3.63, 3.8) is 0 Å². The zero-order valence-corrected chi connectivity index (χ0v) is 11.5. The lowest BCUT2D eigenvalue weighted by Crippen LogP contribution is -2.41. The van der Waals surface area contributed by atoms with Crippen LogP contribution in [-0.2, 0) is 11.8 Å². The number of aryl methyl sites for hydroxylation is 1. The molecule has 6 nitrogen and oxygen atoms in total. The molecule has 0 fully saturated rings. The van der Waals surface area contributed by atoms with Gasteiger partial charge in [0.2, 0.25) is 0 Å². The Kier molecular flexibility index (Phi) is 4.34. The number of rotatable bonds is 4. The van der Waals surface area contributed by atoms with Gasteiger partial charge < -0.3 is 10.0 Å². The van der Waals surface area contributed by atoms with E-state index in [0.29, 0.717) is 5.69 Å². The maximum atomic E-state index is 12.2. The maximum absolute atomic E-state index is 12.2. The fraction of sp³-hybridized carbons (Fsp3) is 0.545. The van der Waals surface area contributed by atoms with Gasteiger partial charge in [0.15, 0.2) is 5.69 Å². The molecule has 0 saturated carbocycles. The fourth-order valence-corrected chi connectivity index (χ4v) is 1.73. The summed E-state index contributed by atoms with van der Waals surface area (Å²) in [5, 5.41) is 13.1. The number of carbonyl (C=O) groups is 2. The Morgan fingerprint density at radius 1 is 1.50 bits per heavy atom. The summed E-state index contributed by atoms with van der Waals surface area (Å²) >= 11 is 6.02. The highest BCUT2D eigenvalue weighted by molar-refractivity contribution is 6.34. The third-order valence-corrected chi connectivity index (χ3v) is 3.11. The standard InChI is InChI=1S/C11H16ClN3O3/c1-6(2)15(5-8(16)17)11(18)10-9(12)7(3)14(4)13-10/h6H,5H2,1-4H3,(H,16,17). The van der Waals surface area contributed by atoms with Gasteiger partial charge >= 0.3 is 5.97 Å². The van der Waals surface area contributed by atoms with E-state index in [-0.39, 0.29) is 23.3 Å². The maximum Gasteiger partial charge on any atom is 0.323 e. The molecular weight excluding hydrogens is 258 g/mol.